The number of benzene rings is 1. The molecular formula is C13H21BrN2O. The van der Waals surface area contributed by atoms with Gasteiger partial charge in [0.15, 0.2) is 0 Å². The van der Waals surface area contributed by atoms with Crippen LogP contribution in [0.4, 0.5) is 5.69 Å². The van der Waals surface area contributed by atoms with Crippen LogP contribution in [-0.2, 0) is 0 Å². The molecule has 0 saturated carbocycles. The molecule has 0 atom stereocenters. The lowest BCUT2D eigenvalue weighted by atomic mass is 10.3. The Morgan fingerprint density at radius 2 is 1.94 bits per heavy atom. The maximum atomic E-state index is 5.23. The zero-order chi connectivity index (χ0) is 12.7. The van der Waals surface area contributed by atoms with Crippen molar-refractivity contribution in [3.63, 3.8) is 0 Å². The number of hydrogen-bond donors (Lipinski definition) is 1. The Kier molecular flexibility index (Phi) is 6.37. The van der Waals surface area contributed by atoms with E-state index in [1.54, 1.807) is 7.11 Å². The van der Waals surface area contributed by atoms with Crippen molar-refractivity contribution in [2.45, 2.75) is 13.8 Å². The van der Waals surface area contributed by atoms with E-state index in [0.717, 1.165) is 42.1 Å². The molecule has 1 N–H and O–H groups in total. The highest BCUT2D eigenvalue weighted by Gasteiger charge is 2.01. The first-order valence-electron chi connectivity index (χ1n) is 6.00. The van der Waals surface area contributed by atoms with E-state index in [0.29, 0.717) is 0 Å². The van der Waals surface area contributed by atoms with Crippen LogP contribution in [0.2, 0.25) is 0 Å². The zero-order valence-corrected chi connectivity index (χ0v) is 12.4. The largest absolute Gasteiger partial charge is 0.497 e. The lowest BCUT2D eigenvalue weighted by Crippen LogP contribution is -2.28. The quantitative estimate of drug-likeness (QED) is 0.837. The summed E-state index contributed by atoms with van der Waals surface area (Å²) in [5.74, 6) is 0.865. The van der Waals surface area contributed by atoms with Crippen molar-refractivity contribution in [1.29, 1.82) is 0 Å². The van der Waals surface area contributed by atoms with Gasteiger partial charge in [0.25, 0.3) is 0 Å². The number of likely N-dealkylation sites (N-methyl/N-ethyl adjacent to an activating group) is 1. The molecule has 0 unspecified atom stereocenters. The Labute approximate surface area is 112 Å². The fourth-order valence-electron chi connectivity index (χ4n) is 1.68. The van der Waals surface area contributed by atoms with E-state index < -0.39 is 0 Å². The fourth-order valence-corrected chi connectivity index (χ4v) is 2.15. The second-order valence-electron chi connectivity index (χ2n) is 3.83. The first-order chi connectivity index (χ1) is 8.19. The Morgan fingerprint density at radius 3 is 2.53 bits per heavy atom. The molecule has 1 aromatic carbocycles. The molecule has 17 heavy (non-hydrogen) atoms. The normalized spacial score (nSPS) is 10.6. The van der Waals surface area contributed by atoms with Gasteiger partial charge in [0.2, 0.25) is 0 Å². The van der Waals surface area contributed by atoms with E-state index in [1.165, 1.54) is 0 Å². The highest BCUT2D eigenvalue weighted by Crippen LogP contribution is 2.24. The highest BCUT2D eigenvalue weighted by atomic mass is 79.9. The van der Waals surface area contributed by atoms with Crippen molar-refractivity contribution in [2.75, 3.05) is 38.6 Å². The van der Waals surface area contributed by atoms with Crippen LogP contribution in [0.3, 0.4) is 0 Å². The van der Waals surface area contributed by atoms with Crippen LogP contribution in [0.5, 0.6) is 5.75 Å². The summed E-state index contributed by atoms with van der Waals surface area (Å²) in [7, 11) is 1.68. The molecule has 4 heteroatoms. The number of hydrogen-bond acceptors (Lipinski definition) is 3. The summed E-state index contributed by atoms with van der Waals surface area (Å²) in [6.07, 6.45) is 0. The van der Waals surface area contributed by atoms with Gasteiger partial charge in [0.1, 0.15) is 5.75 Å². The molecule has 3 nitrogen and oxygen atoms in total. The monoisotopic (exact) mass is 300 g/mol. The number of ether oxygens (including phenoxy) is 1. The molecule has 1 aromatic rings. The van der Waals surface area contributed by atoms with Gasteiger partial charge in [-0.05, 0) is 25.2 Å². The summed E-state index contributed by atoms with van der Waals surface area (Å²) in [5.41, 5.74) is 1.09. The molecule has 0 fully saturated rings. The molecule has 0 bridgehead atoms. The van der Waals surface area contributed by atoms with Crippen molar-refractivity contribution in [3.05, 3.63) is 22.7 Å². The van der Waals surface area contributed by atoms with E-state index in [2.05, 4.69) is 46.1 Å². The third-order valence-corrected chi connectivity index (χ3v) is 3.22. The molecule has 0 heterocycles. The first-order valence-corrected chi connectivity index (χ1v) is 6.79. The van der Waals surface area contributed by atoms with E-state index in [9.17, 15) is 0 Å². The second kappa shape index (κ2) is 7.56. The lowest BCUT2D eigenvalue weighted by Gasteiger charge is -2.18. The molecule has 1 rings (SSSR count). The minimum absolute atomic E-state index is 0.865. The molecule has 0 aromatic heterocycles. The maximum absolute atomic E-state index is 5.23. The minimum atomic E-state index is 0.865. The van der Waals surface area contributed by atoms with E-state index in [-0.39, 0.29) is 0 Å². The SMILES string of the molecule is CCN(CC)CCNc1cc(Br)cc(OC)c1. The topological polar surface area (TPSA) is 24.5 Å². The maximum Gasteiger partial charge on any atom is 0.122 e. The summed E-state index contributed by atoms with van der Waals surface area (Å²) < 4.78 is 6.25. The van der Waals surface area contributed by atoms with Crippen molar-refractivity contribution in [3.8, 4) is 5.75 Å². The van der Waals surface area contributed by atoms with Gasteiger partial charge >= 0.3 is 0 Å². The van der Waals surface area contributed by atoms with Gasteiger partial charge in [-0.1, -0.05) is 29.8 Å². The number of nitrogens with one attached hydrogen (secondary N) is 1. The number of anilines is 1. The first kappa shape index (κ1) is 14.3. The average molecular weight is 301 g/mol. The summed E-state index contributed by atoms with van der Waals surface area (Å²) >= 11 is 3.47. The van der Waals surface area contributed by atoms with Gasteiger partial charge < -0.3 is 15.0 Å². The zero-order valence-electron chi connectivity index (χ0n) is 10.8. The van der Waals surface area contributed by atoms with Crippen LogP contribution in [0.25, 0.3) is 0 Å². The van der Waals surface area contributed by atoms with E-state index in [1.807, 2.05) is 12.1 Å². The van der Waals surface area contributed by atoms with Gasteiger partial charge in [0.05, 0.1) is 7.11 Å². The Hall–Kier alpha value is -0.740. The van der Waals surface area contributed by atoms with Crippen LogP contribution in [0.1, 0.15) is 13.8 Å². The van der Waals surface area contributed by atoms with Crippen molar-refractivity contribution >= 4 is 21.6 Å². The van der Waals surface area contributed by atoms with Crippen LogP contribution < -0.4 is 10.1 Å². The number of halogens is 1. The van der Waals surface area contributed by atoms with Crippen LogP contribution in [0.15, 0.2) is 22.7 Å². The second-order valence-corrected chi connectivity index (χ2v) is 4.75. The Bertz CT molecular complexity index is 340. The molecular weight excluding hydrogens is 280 g/mol. The van der Waals surface area contributed by atoms with E-state index >= 15 is 0 Å². The number of rotatable bonds is 7. The highest BCUT2D eigenvalue weighted by molar-refractivity contribution is 9.10. The molecule has 0 spiro atoms. The molecule has 96 valence electrons. The molecule has 0 aliphatic rings. The molecule has 0 aliphatic carbocycles. The van der Waals surface area contributed by atoms with Gasteiger partial charge in [-0.3, -0.25) is 0 Å². The van der Waals surface area contributed by atoms with Gasteiger partial charge in [-0.15, -0.1) is 0 Å². The third-order valence-electron chi connectivity index (χ3n) is 2.76. The van der Waals surface area contributed by atoms with E-state index in [4.69, 9.17) is 4.74 Å². The standard InChI is InChI=1S/C13H21BrN2O/c1-4-16(5-2)7-6-15-12-8-11(14)9-13(10-12)17-3/h8-10,15H,4-7H2,1-3H3. The number of methoxy groups -OCH3 is 1. The molecule has 0 amide bonds. The smallest absolute Gasteiger partial charge is 0.122 e. The van der Waals surface area contributed by atoms with Crippen LogP contribution >= 0.6 is 15.9 Å². The predicted octanol–water partition coefficient (Wildman–Crippen LogP) is 3.21. The third kappa shape index (κ3) is 4.96. The minimum Gasteiger partial charge on any atom is -0.497 e. The van der Waals surface area contributed by atoms with Crippen LogP contribution in [0, 0.1) is 0 Å². The summed E-state index contributed by atoms with van der Waals surface area (Å²) in [4.78, 5) is 2.39. The summed E-state index contributed by atoms with van der Waals surface area (Å²) in [6.45, 7) is 8.57. The van der Waals surface area contributed by atoms with Crippen LogP contribution in [-0.4, -0.2) is 38.2 Å². The summed E-state index contributed by atoms with van der Waals surface area (Å²) in [6, 6.07) is 6.02. The van der Waals surface area contributed by atoms with Gasteiger partial charge in [-0.25, -0.2) is 0 Å². The molecule has 0 aliphatic heterocycles. The number of nitrogens with zero attached hydrogens (tertiary/aromatic N) is 1. The van der Waals surface area contributed by atoms with Gasteiger partial charge in [-0.2, -0.15) is 0 Å². The van der Waals surface area contributed by atoms with Crippen molar-refractivity contribution < 1.29 is 4.74 Å². The van der Waals surface area contributed by atoms with Crippen molar-refractivity contribution in [2.24, 2.45) is 0 Å². The van der Waals surface area contributed by atoms with Gasteiger partial charge in [0, 0.05) is 29.3 Å². The lowest BCUT2D eigenvalue weighted by molar-refractivity contribution is 0.316. The summed E-state index contributed by atoms with van der Waals surface area (Å²) in [5, 5.41) is 3.41. The molecule has 0 saturated heterocycles. The average Bonchev–Trinajstić information content (AvgIpc) is 2.34. The molecule has 0 radical (unpaired) electrons. The predicted molar refractivity (Wildman–Crippen MR) is 77.0 cm³/mol. The Balaban J connectivity index is 2.48. The van der Waals surface area contributed by atoms with Crippen molar-refractivity contribution in [1.82, 2.24) is 4.90 Å². The fraction of sp³-hybridized carbons (Fsp3) is 0.538. The Morgan fingerprint density at radius 1 is 1.24 bits per heavy atom.